The normalized spacial score (nSPS) is 29.8. The van der Waals surface area contributed by atoms with Crippen LogP contribution in [-0.4, -0.2) is 17.1 Å². The predicted octanol–water partition coefficient (Wildman–Crippen LogP) is 5.56. The second-order valence-electron chi connectivity index (χ2n) is 9.87. The zero-order valence-corrected chi connectivity index (χ0v) is 18.8. The average molecular weight is 435 g/mol. The Morgan fingerprint density at radius 1 is 1.06 bits per heavy atom. The highest BCUT2D eigenvalue weighted by Crippen LogP contribution is 2.61. The fourth-order valence-electron chi connectivity index (χ4n) is 6.61. The molecule has 1 atom stereocenters. The summed E-state index contributed by atoms with van der Waals surface area (Å²) in [5.74, 6) is 3.87. The van der Waals surface area contributed by atoms with E-state index in [9.17, 15) is 4.79 Å². The van der Waals surface area contributed by atoms with Crippen molar-refractivity contribution in [2.45, 2.75) is 51.5 Å². The van der Waals surface area contributed by atoms with Gasteiger partial charge in [0, 0.05) is 17.7 Å². The molecule has 2 aromatic rings. The van der Waals surface area contributed by atoms with Crippen molar-refractivity contribution >= 4 is 29.3 Å². The number of carbonyl (C=O) groups is 1. The zero-order chi connectivity index (χ0) is 21.4. The molecule has 0 radical (unpaired) electrons. The molecule has 0 spiro atoms. The maximum absolute atomic E-state index is 12.4. The monoisotopic (exact) mass is 434 g/mol. The minimum Gasteiger partial charge on any atom is -0.457 e. The highest BCUT2D eigenvalue weighted by molar-refractivity contribution is 7.80. The summed E-state index contributed by atoms with van der Waals surface area (Å²) in [4.78, 5) is 12.4. The average Bonchev–Trinajstić information content (AvgIpc) is 3.21. The van der Waals surface area contributed by atoms with Crippen LogP contribution in [0.5, 0.6) is 0 Å². The molecule has 1 aromatic carbocycles. The molecular formula is C26H30N2O2S. The van der Waals surface area contributed by atoms with Crippen molar-refractivity contribution < 1.29 is 9.21 Å². The van der Waals surface area contributed by atoms with Crippen LogP contribution in [0.2, 0.25) is 0 Å². The first-order valence-electron chi connectivity index (χ1n) is 11.4. The van der Waals surface area contributed by atoms with Gasteiger partial charge in [-0.25, -0.2) is 0 Å². The number of thiocarbonyl (C=S) groups is 1. The largest absolute Gasteiger partial charge is 0.457 e. The van der Waals surface area contributed by atoms with E-state index in [2.05, 4.69) is 17.6 Å². The van der Waals surface area contributed by atoms with Gasteiger partial charge >= 0.3 is 0 Å². The molecule has 0 aliphatic heterocycles. The van der Waals surface area contributed by atoms with Gasteiger partial charge in [-0.15, -0.1) is 0 Å². The third-order valence-corrected chi connectivity index (χ3v) is 7.89. The molecule has 1 aromatic heterocycles. The van der Waals surface area contributed by atoms with Crippen molar-refractivity contribution in [1.82, 2.24) is 10.6 Å². The van der Waals surface area contributed by atoms with E-state index in [0.29, 0.717) is 16.3 Å². The van der Waals surface area contributed by atoms with Crippen molar-refractivity contribution in [2.24, 2.45) is 23.2 Å². The maximum atomic E-state index is 12.4. The number of carbonyl (C=O) groups excluding carboxylic acids is 1. The first-order chi connectivity index (χ1) is 15.0. The van der Waals surface area contributed by atoms with Crippen LogP contribution < -0.4 is 10.6 Å². The summed E-state index contributed by atoms with van der Waals surface area (Å²) in [6.07, 6.45) is 11.4. The second-order valence-corrected chi connectivity index (χ2v) is 10.3. The van der Waals surface area contributed by atoms with E-state index in [1.165, 1.54) is 44.6 Å². The number of nitrogens with one attached hydrogen (secondary N) is 2. The summed E-state index contributed by atoms with van der Waals surface area (Å²) >= 11 is 5.46. The Morgan fingerprint density at radius 3 is 2.35 bits per heavy atom. The quantitative estimate of drug-likeness (QED) is 0.478. The number of benzene rings is 1. The zero-order valence-electron chi connectivity index (χ0n) is 18.0. The Balaban J connectivity index is 1.15. The van der Waals surface area contributed by atoms with Crippen LogP contribution in [0.4, 0.5) is 0 Å². The molecular weight excluding hydrogens is 404 g/mol. The highest BCUT2D eigenvalue weighted by Gasteiger charge is 2.53. The van der Waals surface area contributed by atoms with Crippen molar-refractivity contribution in [3.8, 4) is 11.3 Å². The maximum Gasteiger partial charge on any atom is 0.250 e. The van der Waals surface area contributed by atoms with E-state index in [4.69, 9.17) is 16.6 Å². The minimum absolute atomic E-state index is 0.243. The molecule has 0 unspecified atom stereocenters. The van der Waals surface area contributed by atoms with Crippen LogP contribution in [0.1, 0.15) is 51.2 Å². The van der Waals surface area contributed by atoms with Crippen LogP contribution in [0, 0.1) is 23.2 Å². The Morgan fingerprint density at radius 2 is 1.71 bits per heavy atom. The number of hydrogen-bond donors (Lipinski definition) is 2. The smallest absolute Gasteiger partial charge is 0.250 e. The lowest BCUT2D eigenvalue weighted by Crippen LogP contribution is -2.57. The number of furan rings is 1. The third kappa shape index (κ3) is 4.33. The molecule has 162 valence electrons. The van der Waals surface area contributed by atoms with E-state index >= 15 is 0 Å². The van der Waals surface area contributed by atoms with Gasteiger partial charge in [0.15, 0.2) is 5.11 Å². The second kappa shape index (κ2) is 8.27. The molecule has 6 rings (SSSR count). The van der Waals surface area contributed by atoms with Crippen LogP contribution in [-0.2, 0) is 4.79 Å². The standard InChI is InChI=1S/C26H30N2O2S/c1-17(26-14-18-11-19(15-26)13-20(12-18)16-26)27-25(31)28-24(29)10-8-22-7-9-23(30-22)21-5-3-2-4-6-21/h2-10,17-20H,11-16H2,1H3,(H2,27,28,29,31)/b10-8+/t17-,18?,19?,20?,26?/m1/s1. The van der Waals surface area contributed by atoms with Gasteiger partial charge in [-0.05, 0) is 99.0 Å². The summed E-state index contributed by atoms with van der Waals surface area (Å²) in [5.41, 5.74) is 1.36. The van der Waals surface area contributed by atoms with Crippen LogP contribution >= 0.6 is 12.2 Å². The first kappa shape index (κ1) is 20.5. The number of rotatable bonds is 5. The molecule has 4 aliphatic carbocycles. The van der Waals surface area contributed by atoms with Gasteiger partial charge in [-0.2, -0.15) is 0 Å². The summed E-state index contributed by atoms with van der Waals surface area (Å²) in [7, 11) is 0. The van der Waals surface area contributed by atoms with Gasteiger partial charge in [-0.3, -0.25) is 10.1 Å². The number of amides is 1. The molecule has 5 heteroatoms. The van der Waals surface area contributed by atoms with Gasteiger partial charge in [0.1, 0.15) is 11.5 Å². The molecule has 1 heterocycles. The van der Waals surface area contributed by atoms with Crippen molar-refractivity contribution in [3.05, 3.63) is 54.3 Å². The Kier molecular flexibility index (Phi) is 5.47. The molecule has 2 N–H and O–H groups in total. The Labute approximate surface area is 189 Å². The van der Waals surface area contributed by atoms with Gasteiger partial charge in [0.05, 0.1) is 0 Å². The predicted molar refractivity (Wildman–Crippen MR) is 127 cm³/mol. The Hall–Kier alpha value is -2.40. The fourth-order valence-corrected chi connectivity index (χ4v) is 6.88. The van der Waals surface area contributed by atoms with E-state index in [-0.39, 0.29) is 11.9 Å². The van der Waals surface area contributed by atoms with Crippen LogP contribution in [0.25, 0.3) is 17.4 Å². The third-order valence-electron chi connectivity index (χ3n) is 7.67. The highest BCUT2D eigenvalue weighted by atomic mass is 32.1. The molecule has 4 fully saturated rings. The van der Waals surface area contributed by atoms with Crippen molar-refractivity contribution in [3.63, 3.8) is 0 Å². The molecule has 0 saturated heterocycles. The van der Waals surface area contributed by atoms with Gasteiger partial charge in [-0.1, -0.05) is 30.3 Å². The van der Waals surface area contributed by atoms with E-state index in [0.717, 1.165) is 29.1 Å². The fraction of sp³-hybridized carbons (Fsp3) is 0.462. The lowest BCUT2D eigenvalue weighted by Gasteiger charge is -2.59. The summed E-state index contributed by atoms with van der Waals surface area (Å²) in [5, 5.41) is 6.66. The minimum atomic E-state index is -0.243. The molecule has 4 saturated carbocycles. The molecule has 31 heavy (non-hydrogen) atoms. The topological polar surface area (TPSA) is 54.3 Å². The molecule has 4 bridgehead atoms. The molecule has 1 amide bonds. The van der Waals surface area contributed by atoms with E-state index < -0.39 is 0 Å². The van der Waals surface area contributed by atoms with Gasteiger partial charge in [0.25, 0.3) is 0 Å². The molecule has 4 aliphatic rings. The van der Waals surface area contributed by atoms with Crippen molar-refractivity contribution in [1.29, 1.82) is 0 Å². The lowest BCUT2D eigenvalue weighted by atomic mass is 9.48. The van der Waals surface area contributed by atoms with Crippen LogP contribution in [0.15, 0.2) is 53.0 Å². The van der Waals surface area contributed by atoms with Gasteiger partial charge < -0.3 is 9.73 Å². The molecule has 4 nitrogen and oxygen atoms in total. The van der Waals surface area contributed by atoms with Crippen molar-refractivity contribution in [2.75, 3.05) is 0 Å². The summed E-state index contributed by atoms with van der Waals surface area (Å²) in [6.45, 7) is 2.25. The van der Waals surface area contributed by atoms with Crippen LogP contribution in [0.3, 0.4) is 0 Å². The summed E-state index contributed by atoms with van der Waals surface area (Å²) in [6, 6.07) is 14.0. The Bertz CT molecular complexity index is 959. The summed E-state index contributed by atoms with van der Waals surface area (Å²) < 4.78 is 5.81. The lowest BCUT2D eigenvalue weighted by molar-refractivity contribution is -0.115. The van der Waals surface area contributed by atoms with Gasteiger partial charge in [0.2, 0.25) is 5.91 Å². The van der Waals surface area contributed by atoms with E-state index in [1.54, 1.807) is 6.08 Å². The SMILES string of the molecule is C[C@@H](NC(=S)NC(=O)/C=C/c1ccc(-c2ccccc2)o1)C12CC3CC(CC(C3)C1)C2. The number of hydrogen-bond acceptors (Lipinski definition) is 3. The first-order valence-corrected chi connectivity index (χ1v) is 11.8. The van der Waals surface area contributed by atoms with E-state index in [1.807, 2.05) is 42.5 Å².